The number of benzene rings is 2. The predicted molar refractivity (Wildman–Crippen MR) is 87.0 cm³/mol. The Labute approximate surface area is 125 Å². The molecule has 1 saturated heterocycles. The van der Waals surface area contributed by atoms with Gasteiger partial charge >= 0.3 is 0 Å². The summed E-state index contributed by atoms with van der Waals surface area (Å²) in [6, 6.07) is 15.4. The van der Waals surface area contributed by atoms with Gasteiger partial charge in [-0.05, 0) is 55.7 Å². The van der Waals surface area contributed by atoms with Gasteiger partial charge in [-0.2, -0.15) is 0 Å². The van der Waals surface area contributed by atoms with Crippen molar-refractivity contribution in [2.75, 3.05) is 23.3 Å². The first kappa shape index (κ1) is 13.7. The highest BCUT2D eigenvalue weighted by atomic mass is 16.1. The molecule has 0 unspecified atom stereocenters. The molecule has 3 nitrogen and oxygen atoms in total. The SMILES string of the molecule is Cc1cc(NC(=O)c2ccccc2)ccc1N1CCCC1. The zero-order valence-corrected chi connectivity index (χ0v) is 12.3. The number of anilines is 2. The van der Waals surface area contributed by atoms with Gasteiger partial charge in [-0.15, -0.1) is 0 Å². The van der Waals surface area contributed by atoms with Crippen molar-refractivity contribution in [3.8, 4) is 0 Å². The summed E-state index contributed by atoms with van der Waals surface area (Å²) in [6.07, 6.45) is 2.54. The van der Waals surface area contributed by atoms with Crippen LogP contribution in [0.3, 0.4) is 0 Å². The fraction of sp³-hybridized carbons (Fsp3) is 0.278. The molecule has 0 spiro atoms. The van der Waals surface area contributed by atoms with Gasteiger partial charge in [-0.3, -0.25) is 4.79 Å². The average molecular weight is 280 g/mol. The maximum Gasteiger partial charge on any atom is 0.255 e. The van der Waals surface area contributed by atoms with Crippen LogP contribution < -0.4 is 10.2 Å². The van der Waals surface area contributed by atoms with Crippen molar-refractivity contribution in [2.24, 2.45) is 0 Å². The molecular formula is C18H20N2O. The molecule has 21 heavy (non-hydrogen) atoms. The number of carbonyl (C=O) groups excluding carboxylic acids is 1. The first-order valence-electron chi connectivity index (χ1n) is 7.46. The van der Waals surface area contributed by atoms with E-state index in [-0.39, 0.29) is 5.91 Å². The summed E-state index contributed by atoms with van der Waals surface area (Å²) in [6.45, 7) is 4.37. The van der Waals surface area contributed by atoms with Crippen LogP contribution in [0.2, 0.25) is 0 Å². The van der Waals surface area contributed by atoms with Gasteiger partial charge < -0.3 is 10.2 Å². The minimum absolute atomic E-state index is 0.0658. The Morgan fingerprint density at radius 1 is 1.05 bits per heavy atom. The summed E-state index contributed by atoms with van der Waals surface area (Å²) in [5.41, 5.74) is 4.02. The Hall–Kier alpha value is -2.29. The summed E-state index contributed by atoms with van der Waals surface area (Å²) in [5.74, 6) is -0.0658. The number of hydrogen-bond acceptors (Lipinski definition) is 2. The normalized spacial score (nSPS) is 14.2. The van der Waals surface area contributed by atoms with Gasteiger partial charge in [0.15, 0.2) is 0 Å². The van der Waals surface area contributed by atoms with Crippen LogP contribution >= 0.6 is 0 Å². The van der Waals surface area contributed by atoms with Crippen LogP contribution in [0.15, 0.2) is 48.5 Å². The topological polar surface area (TPSA) is 32.3 Å². The van der Waals surface area contributed by atoms with E-state index in [4.69, 9.17) is 0 Å². The van der Waals surface area contributed by atoms with Gasteiger partial charge in [0, 0.05) is 30.0 Å². The van der Waals surface area contributed by atoms with Crippen molar-refractivity contribution in [2.45, 2.75) is 19.8 Å². The third-order valence-corrected chi connectivity index (χ3v) is 3.94. The van der Waals surface area contributed by atoms with Gasteiger partial charge in [0.05, 0.1) is 0 Å². The minimum Gasteiger partial charge on any atom is -0.371 e. The third-order valence-electron chi connectivity index (χ3n) is 3.94. The summed E-state index contributed by atoms with van der Waals surface area (Å²) in [4.78, 5) is 14.6. The standard InChI is InChI=1S/C18H20N2O/c1-14-13-16(9-10-17(14)20-11-5-6-12-20)19-18(21)15-7-3-2-4-8-15/h2-4,7-10,13H,5-6,11-12H2,1H3,(H,19,21). The molecule has 2 aromatic rings. The van der Waals surface area contributed by atoms with Crippen LogP contribution in [-0.2, 0) is 0 Å². The maximum absolute atomic E-state index is 12.1. The molecule has 1 aliphatic heterocycles. The molecule has 1 heterocycles. The van der Waals surface area contributed by atoms with E-state index >= 15 is 0 Å². The lowest BCUT2D eigenvalue weighted by Crippen LogP contribution is -2.19. The zero-order valence-electron chi connectivity index (χ0n) is 12.3. The van der Waals surface area contributed by atoms with Crippen molar-refractivity contribution >= 4 is 17.3 Å². The summed E-state index contributed by atoms with van der Waals surface area (Å²) in [5, 5.41) is 2.96. The molecule has 3 heteroatoms. The molecular weight excluding hydrogens is 260 g/mol. The molecule has 1 aliphatic rings. The second-order valence-electron chi connectivity index (χ2n) is 5.52. The summed E-state index contributed by atoms with van der Waals surface area (Å²) in [7, 11) is 0. The lowest BCUT2D eigenvalue weighted by atomic mass is 10.1. The first-order chi connectivity index (χ1) is 10.2. The molecule has 0 atom stereocenters. The number of rotatable bonds is 3. The van der Waals surface area contributed by atoms with Gasteiger partial charge in [0.2, 0.25) is 0 Å². The smallest absolute Gasteiger partial charge is 0.255 e. The molecule has 3 rings (SSSR count). The van der Waals surface area contributed by atoms with Crippen molar-refractivity contribution in [1.29, 1.82) is 0 Å². The predicted octanol–water partition coefficient (Wildman–Crippen LogP) is 3.85. The Morgan fingerprint density at radius 2 is 1.76 bits per heavy atom. The van der Waals surface area contributed by atoms with Crippen LogP contribution in [0.25, 0.3) is 0 Å². The largest absolute Gasteiger partial charge is 0.371 e. The van der Waals surface area contributed by atoms with E-state index in [1.165, 1.54) is 24.1 Å². The zero-order chi connectivity index (χ0) is 14.7. The molecule has 0 aromatic heterocycles. The van der Waals surface area contributed by atoms with Gasteiger partial charge in [0.25, 0.3) is 5.91 Å². The molecule has 108 valence electrons. The minimum atomic E-state index is -0.0658. The third kappa shape index (κ3) is 3.07. The Morgan fingerprint density at radius 3 is 2.43 bits per heavy atom. The number of hydrogen-bond donors (Lipinski definition) is 1. The van der Waals surface area contributed by atoms with Crippen LogP contribution in [0.5, 0.6) is 0 Å². The quantitative estimate of drug-likeness (QED) is 0.926. The monoisotopic (exact) mass is 280 g/mol. The Kier molecular flexibility index (Phi) is 3.91. The fourth-order valence-electron chi connectivity index (χ4n) is 2.84. The van der Waals surface area contributed by atoms with Crippen molar-refractivity contribution < 1.29 is 4.79 Å². The van der Waals surface area contributed by atoms with E-state index in [2.05, 4.69) is 29.3 Å². The first-order valence-corrected chi connectivity index (χ1v) is 7.46. The molecule has 1 amide bonds. The number of nitrogens with one attached hydrogen (secondary N) is 1. The number of carbonyl (C=O) groups is 1. The highest BCUT2D eigenvalue weighted by molar-refractivity contribution is 6.04. The Balaban J connectivity index is 1.75. The van der Waals surface area contributed by atoms with Crippen molar-refractivity contribution in [3.05, 3.63) is 59.7 Å². The number of amides is 1. The lowest BCUT2D eigenvalue weighted by molar-refractivity contribution is 0.102. The number of aryl methyl sites for hydroxylation is 1. The van der Waals surface area contributed by atoms with Crippen molar-refractivity contribution in [1.82, 2.24) is 0 Å². The summed E-state index contributed by atoms with van der Waals surface area (Å²) >= 11 is 0. The van der Waals surface area contributed by atoms with E-state index in [1.54, 1.807) is 0 Å². The highest BCUT2D eigenvalue weighted by Crippen LogP contribution is 2.26. The van der Waals surface area contributed by atoms with Gasteiger partial charge in [0.1, 0.15) is 0 Å². The van der Waals surface area contributed by atoms with Crippen LogP contribution in [-0.4, -0.2) is 19.0 Å². The lowest BCUT2D eigenvalue weighted by Gasteiger charge is -2.20. The molecule has 0 aliphatic carbocycles. The van der Waals surface area contributed by atoms with E-state index in [0.717, 1.165) is 18.8 Å². The number of nitrogens with zero attached hydrogens (tertiary/aromatic N) is 1. The summed E-state index contributed by atoms with van der Waals surface area (Å²) < 4.78 is 0. The molecule has 0 radical (unpaired) electrons. The highest BCUT2D eigenvalue weighted by Gasteiger charge is 2.14. The van der Waals surface area contributed by atoms with Crippen LogP contribution in [0.1, 0.15) is 28.8 Å². The second kappa shape index (κ2) is 6.00. The van der Waals surface area contributed by atoms with Crippen LogP contribution in [0, 0.1) is 6.92 Å². The van der Waals surface area contributed by atoms with Crippen molar-refractivity contribution in [3.63, 3.8) is 0 Å². The molecule has 0 bridgehead atoms. The van der Waals surface area contributed by atoms with Gasteiger partial charge in [-0.1, -0.05) is 18.2 Å². The maximum atomic E-state index is 12.1. The van der Waals surface area contributed by atoms with Gasteiger partial charge in [-0.25, -0.2) is 0 Å². The second-order valence-corrected chi connectivity index (χ2v) is 5.52. The van der Waals surface area contributed by atoms with E-state index in [9.17, 15) is 4.79 Å². The average Bonchev–Trinajstić information content (AvgIpc) is 3.02. The van der Waals surface area contributed by atoms with E-state index < -0.39 is 0 Å². The fourth-order valence-corrected chi connectivity index (χ4v) is 2.84. The molecule has 2 aromatic carbocycles. The Bertz CT molecular complexity index is 631. The van der Waals surface area contributed by atoms with E-state index in [0.29, 0.717) is 5.56 Å². The molecule has 0 saturated carbocycles. The molecule has 1 fully saturated rings. The molecule has 1 N–H and O–H groups in total. The van der Waals surface area contributed by atoms with Crippen LogP contribution in [0.4, 0.5) is 11.4 Å². The van der Waals surface area contributed by atoms with E-state index in [1.807, 2.05) is 36.4 Å².